The molecule has 1 aromatic carbocycles. The Labute approximate surface area is 188 Å². The van der Waals surface area contributed by atoms with Gasteiger partial charge in [0.25, 0.3) is 0 Å². The number of benzene rings is 1. The van der Waals surface area contributed by atoms with E-state index in [0.717, 1.165) is 34.6 Å². The molecule has 2 nitrogen and oxygen atoms in total. The van der Waals surface area contributed by atoms with Gasteiger partial charge in [0.2, 0.25) is 0 Å². The molecular formula is C29H34N2. The maximum absolute atomic E-state index is 4.46. The van der Waals surface area contributed by atoms with E-state index in [-0.39, 0.29) is 0 Å². The van der Waals surface area contributed by atoms with Crippen LogP contribution in [0.2, 0.25) is 0 Å². The van der Waals surface area contributed by atoms with E-state index in [2.05, 4.69) is 101 Å². The summed E-state index contributed by atoms with van der Waals surface area (Å²) >= 11 is 0. The van der Waals surface area contributed by atoms with Crippen LogP contribution in [0.3, 0.4) is 0 Å². The van der Waals surface area contributed by atoms with Crippen LogP contribution in [0.25, 0.3) is 11.1 Å². The summed E-state index contributed by atoms with van der Waals surface area (Å²) in [4.78, 5) is 6.48. The quantitative estimate of drug-likeness (QED) is 0.392. The number of rotatable bonds is 9. The molecule has 0 unspecified atom stereocenters. The van der Waals surface area contributed by atoms with Crippen LogP contribution in [0, 0.1) is 0 Å². The van der Waals surface area contributed by atoms with E-state index in [9.17, 15) is 0 Å². The number of allylic oxidation sites excluding steroid dienone is 8. The van der Waals surface area contributed by atoms with E-state index in [1.807, 2.05) is 24.2 Å². The van der Waals surface area contributed by atoms with Gasteiger partial charge in [-0.3, -0.25) is 4.98 Å². The van der Waals surface area contributed by atoms with Gasteiger partial charge in [-0.25, -0.2) is 0 Å². The standard InChI is InChI=1S/C29H34N2/c1-9-22(7)31(8)27-15-13-14-24(19-27)23(10-2)20-29(21(5)6)28(12-4)25-16-17-30-26(11-3)18-25/h9-10,12-20H,1-2,7,11H2,3-6,8H3/b23-20+,28-12-. The van der Waals surface area contributed by atoms with E-state index >= 15 is 0 Å². The number of aromatic nitrogens is 1. The van der Waals surface area contributed by atoms with Crippen molar-refractivity contribution in [1.29, 1.82) is 0 Å². The second-order valence-corrected chi connectivity index (χ2v) is 7.61. The summed E-state index contributed by atoms with van der Waals surface area (Å²) in [5.74, 6) is 0. The Kier molecular flexibility index (Phi) is 8.57. The van der Waals surface area contributed by atoms with Crippen LogP contribution < -0.4 is 4.90 Å². The largest absolute Gasteiger partial charge is 0.345 e. The van der Waals surface area contributed by atoms with Crippen LogP contribution in [0.4, 0.5) is 5.69 Å². The average molecular weight is 411 g/mol. The highest BCUT2D eigenvalue weighted by atomic mass is 15.1. The number of nitrogens with zero attached hydrogens (tertiary/aromatic N) is 2. The summed E-state index contributed by atoms with van der Waals surface area (Å²) in [6.45, 7) is 20.5. The number of aryl methyl sites for hydroxylation is 1. The van der Waals surface area contributed by atoms with Gasteiger partial charge in [0.05, 0.1) is 0 Å². The Balaban J connectivity index is 2.56. The Morgan fingerprint density at radius 2 is 1.81 bits per heavy atom. The van der Waals surface area contributed by atoms with Gasteiger partial charge in [-0.1, -0.05) is 56.5 Å². The smallest absolute Gasteiger partial charge is 0.0414 e. The van der Waals surface area contributed by atoms with E-state index in [4.69, 9.17) is 0 Å². The molecule has 0 N–H and O–H groups in total. The molecule has 0 spiro atoms. The van der Waals surface area contributed by atoms with E-state index in [1.165, 1.54) is 22.3 Å². The van der Waals surface area contributed by atoms with Crippen molar-refractivity contribution in [3.63, 3.8) is 0 Å². The molecule has 2 aromatic rings. The summed E-state index contributed by atoms with van der Waals surface area (Å²) in [7, 11) is 1.99. The molecule has 2 rings (SSSR count). The average Bonchev–Trinajstić information content (AvgIpc) is 2.80. The van der Waals surface area contributed by atoms with Gasteiger partial charge in [0.15, 0.2) is 0 Å². The van der Waals surface area contributed by atoms with E-state index in [0.29, 0.717) is 0 Å². The van der Waals surface area contributed by atoms with Crippen molar-refractivity contribution in [3.05, 3.63) is 120 Å². The predicted octanol–water partition coefficient (Wildman–Crippen LogP) is 7.79. The summed E-state index contributed by atoms with van der Waals surface area (Å²) in [5.41, 5.74) is 10.0. The van der Waals surface area contributed by atoms with Crippen molar-refractivity contribution < 1.29 is 0 Å². The fourth-order valence-corrected chi connectivity index (χ4v) is 3.42. The van der Waals surface area contributed by atoms with Crippen LogP contribution in [0.5, 0.6) is 0 Å². The Morgan fingerprint density at radius 1 is 1.06 bits per heavy atom. The molecule has 0 aliphatic heterocycles. The van der Waals surface area contributed by atoms with Crippen molar-refractivity contribution in [1.82, 2.24) is 4.98 Å². The number of likely N-dealkylation sites (N-methyl/N-ethyl adjacent to an activating group) is 1. The summed E-state index contributed by atoms with van der Waals surface area (Å²) in [6, 6.07) is 12.7. The highest BCUT2D eigenvalue weighted by Gasteiger charge is 2.11. The highest BCUT2D eigenvalue weighted by Crippen LogP contribution is 2.31. The van der Waals surface area contributed by atoms with Gasteiger partial charge in [-0.2, -0.15) is 0 Å². The Hall–Kier alpha value is -3.39. The lowest BCUT2D eigenvalue weighted by molar-refractivity contribution is 1.03. The maximum atomic E-state index is 4.46. The van der Waals surface area contributed by atoms with Crippen LogP contribution in [-0.4, -0.2) is 12.0 Å². The highest BCUT2D eigenvalue weighted by molar-refractivity contribution is 5.88. The third-order valence-electron chi connectivity index (χ3n) is 5.36. The van der Waals surface area contributed by atoms with Crippen LogP contribution in [0.15, 0.2) is 103 Å². The third kappa shape index (κ3) is 5.82. The number of pyridine rings is 1. The molecule has 0 saturated carbocycles. The summed E-state index contributed by atoms with van der Waals surface area (Å²) in [6.07, 6.45) is 10.9. The zero-order valence-electron chi connectivity index (χ0n) is 19.6. The van der Waals surface area contributed by atoms with Gasteiger partial charge >= 0.3 is 0 Å². The fraction of sp³-hybridized carbons (Fsp3) is 0.207. The molecule has 0 amide bonds. The lowest BCUT2D eigenvalue weighted by Gasteiger charge is -2.20. The first-order valence-electron chi connectivity index (χ1n) is 10.6. The summed E-state index contributed by atoms with van der Waals surface area (Å²) in [5, 5.41) is 0. The molecule has 160 valence electrons. The first kappa shape index (κ1) is 23.9. The van der Waals surface area contributed by atoms with Crippen molar-refractivity contribution >= 4 is 16.8 Å². The fourth-order valence-electron chi connectivity index (χ4n) is 3.42. The van der Waals surface area contributed by atoms with Crippen LogP contribution in [0.1, 0.15) is 44.5 Å². The molecular weight excluding hydrogens is 376 g/mol. The molecule has 0 fully saturated rings. The minimum absolute atomic E-state index is 0.854. The van der Waals surface area contributed by atoms with Crippen molar-refractivity contribution in [2.75, 3.05) is 11.9 Å². The maximum Gasteiger partial charge on any atom is 0.0414 e. The summed E-state index contributed by atoms with van der Waals surface area (Å²) < 4.78 is 0. The zero-order chi connectivity index (χ0) is 23.0. The normalized spacial score (nSPS) is 11.6. The third-order valence-corrected chi connectivity index (χ3v) is 5.36. The molecule has 0 aliphatic carbocycles. The molecule has 2 heteroatoms. The molecule has 0 bridgehead atoms. The van der Waals surface area contributed by atoms with Crippen LogP contribution >= 0.6 is 0 Å². The van der Waals surface area contributed by atoms with Crippen molar-refractivity contribution in [2.45, 2.75) is 34.1 Å². The Morgan fingerprint density at radius 3 is 2.39 bits per heavy atom. The first-order chi connectivity index (χ1) is 14.9. The molecule has 1 heterocycles. The number of anilines is 1. The van der Waals surface area contributed by atoms with Crippen LogP contribution in [-0.2, 0) is 6.42 Å². The lowest BCUT2D eigenvalue weighted by atomic mass is 9.91. The van der Waals surface area contributed by atoms with Gasteiger partial charge < -0.3 is 4.90 Å². The Bertz CT molecular complexity index is 1060. The second-order valence-electron chi connectivity index (χ2n) is 7.61. The zero-order valence-corrected chi connectivity index (χ0v) is 19.6. The molecule has 1 aromatic heterocycles. The van der Waals surface area contributed by atoms with Gasteiger partial charge in [0, 0.05) is 30.3 Å². The first-order valence-corrected chi connectivity index (χ1v) is 10.6. The molecule has 0 aliphatic rings. The van der Waals surface area contributed by atoms with Crippen molar-refractivity contribution in [2.24, 2.45) is 0 Å². The molecule has 31 heavy (non-hydrogen) atoms. The van der Waals surface area contributed by atoms with Gasteiger partial charge in [-0.05, 0) is 91.5 Å². The van der Waals surface area contributed by atoms with Crippen molar-refractivity contribution in [3.8, 4) is 0 Å². The van der Waals surface area contributed by atoms with Gasteiger partial charge in [0.1, 0.15) is 0 Å². The number of hydrogen-bond acceptors (Lipinski definition) is 2. The molecule has 0 saturated heterocycles. The number of hydrogen-bond donors (Lipinski definition) is 0. The lowest BCUT2D eigenvalue weighted by Crippen LogP contribution is -2.13. The monoisotopic (exact) mass is 410 g/mol. The SMILES string of the molecule is C=CC(=C)N(C)c1cccc(/C(C=C)=C/C(=C(C)C)/C(=C\C)c2ccnc(CC)c2)c1. The minimum atomic E-state index is 0.854. The second kappa shape index (κ2) is 11.1. The molecule has 0 atom stereocenters. The van der Waals surface area contributed by atoms with E-state index in [1.54, 1.807) is 6.08 Å². The van der Waals surface area contributed by atoms with Gasteiger partial charge in [-0.15, -0.1) is 0 Å². The predicted molar refractivity (Wildman–Crippen MR) is 138 cm³/mol. The minimum Gasteiger partial charge on any atom is -0.345 e. The van der Waals surface area contributed by atoms with E-state index < -0.39 is 0 Å². The molecule has 0 radical (unpaired) electrons. The topological polar surface area (TPSA) is 16.1 Å².